The van der Waals surface area contributed by atoms with Crippen LogP contribution < -0.4 is 5.32 Å². The molecule has 0 radical (unpaired) electrons. The predicted octanol–water partition coefficient (Wildman–Crippen LogP) is 1.78. The highest BCUT2D eigenvalue weighted by atomic mass is 16.2. The van der Waals surface area contributed by atoms with Crippen LogP contribution in [-0.4, -0.2) is 36.5 Å². The lowest BCUT2D eigenvalue weighted by atomic mass is 9.85. The Morgan fingerprint density at radius 3 is 2.50 bits per heavy atom. The molecule has 1 heterocycles. The molecule has 1 amide bonds. The number of piperidine rings is 1. The van der Waals surface area contributed by atoms with Gasteiger partial charge in [0.1, 0.15) is 0 Å². The molecule has 1 unspecified atom stereocenters. The fourth-order valence-corrected chi connectivity index (χ4v) is 2.52. The second-order valence-electron chi connectivity index (χ2n) is 5.31. The van der Waals surface area contributed by atoms with Crippen LogP contribution in [0.4, 0.5) is 0 Å². The number of rotatable bonds is 4. The summed E-state index contributed by atoms with van der Waals surface area (Å²) in [5.74, 6) is 1.13. The molecular formula is C13H24N2O. The summed E-state index contributed by atoms with van der Waals surface area (Å²) in [5, 5.41) is 3.39. The minimum Gasteiger partial charge on any atom is -0.341 e. The quantitative estimate of drug-likeness (QED) is 0.789. The lowest BCUT2D eigenvalue weighted by Gasteiger charge is -2.31. The molecule has 0 aromatic carbocycles. The molecule has 1 atom stereocenters. The number of nitrogens with zero attached hydrogens (tertiary/aromatic N) is 1. The van der Waals surface area contributed by atoms with Gasteiger partial charge in [0, 0.05) is 13.1 Å². The Morgan fingerprint density at radius 1 is 1.25 bits per heavy atom. The number of hydrogen-bond donors (Lipinski definition) is 1. The second-order valence-corrected chi connectivity index (χ2v) is 5.31. The predicted molar refractivity (Wildman–Crippen MR) is 65.2 cm³/mol. The maximum atomic E-state index is 12.1. The average Bonchev–Trinajstić information content (AvgIpc) is 2.27. The van der Waals surface area contributed by atoms with Crippen molar-refractivity contribution in [1.29, 1.82) is 0 Å². The van der Waals surface area contributed by atoms with Crippen molar-refractivity contribution >= 4 is 5.91 Å². The van der Waals surface area contributed by atoms with Gasteiger partial charge >= 0.3 is 0 Å². The lowest BCUT2D eigenvalue weighted by Crippen LogP contribution is -2.48. The van der Waals surface area contributed by atoms with Crippen molar-refractivity contribution in [3.05, 3.63) is 0 Å². The van der Waals surface area contributed by atoms with Crippen molar-refractivity contribution in [2.45, 2.75) is 51.5 Å². The first-order chi connectivity index (χ1) is 7.77. The normalized spacial score (nSPS) is 23.9. The molecule has 1 aliphatic carbocycles. The van der Waals surface area contributed by atoms with E-state index in [1.165, 1.54) is 38.5 Å². The number of nitrogens with one attached hydrogen (secondary N) is 1. The van der Waals surface area contributed by atoms with E-state index in [0.717, 1.165) is 25.6 Å². The molecule has 3 heteroatoms. The van der Waals surface area contributed by atoms with E-state index in [1.54, 1.807) is 0 Å². The highest BCUT2D eigenvalue weighted by Gasteiger charge is 2.23. The molecule has 0 aromatic rings. The molecule has 2 rings (SSSR count). The fraction of sp³-hybridized carbons (Fsp3) is 0.923. The van der Waals surface area contributed by atoms with Crippen molar-refractivity contribution in [3.8, 4) is 0 Å². The van der Waals surface area contributed by atoms with Crippen molar-refractivity contribution in [1.82, 2.24) is 10.2 Å². The lowest BCUT2D eigenvalue weighted by molar-refractivity contribution is -0.134. The number of carbonyl (C=O) groups is 1. The van der Waals surface area contributed by atoms with Gasteiger partial charge in [0.05, 0.1) is 6.04 Å². The standard InChI is InChI=1S/C13H24N2O/c1-11(14-10-12-6-5-7-12)13(16)15-8-3-2-4-9-15/h11-12,14H,2-10H2,1H3. The monoisotopic (exact) mass is 224 g/mol. The zero-order valence-corrected chi connectivity index (χ0v) is 10.4. The smallest absolute Gasteiger partial charge is 0.239 e. The van der Waals surface area contributed by atoms with E-state index in [2.05, 4.69) is 5.32 Å². The van der Waals surface area contributed by atoms with E-state index in [-0.39, 0.29) is 6.04 Å². The van der Waals surface area contributed by atoms with E-state index < -0.39 is 0 Å². The molecule has 0 spiro atoms. The van der Waals surface area contributed by atoms with Crippen LogP contribution in [0.15, 0.2) is 0 Å². The van der Waals surface area contributed by atoms with Crippen LogP contribution in [0.5, 0.6) is 0 Å². The summed E-state index contributed by atoms with van der Waals surface area (Å²) in [5.41, 5.74) is 0. The Balaban J connectivity index is 1.69. The van der Waals surface area contributed by atoms with Crippen LogP contribution in [0.1, 0.15) is 45.4 Å². The second kappa shape index (κ2) is 5.67. The molecule has 1 saturated heterocycles. The average molecular weight is 224 g/mol. The maximum Gasteiger partial charge on any atom is 0.239 e. The summed E-state index contributed by atoms with van der Waals surface area (Å²) < 4.78 is 0. The summed E-state index contributed by atoms with van der Waals surface area (Å²) in [4.78, 5) is 14.1. The van der Waals surface area contributed by atoms with Crippen LogP contribution in [0.25, 0.3) is 0 Å². The Bertz CT molecular complexity index is 232. The number of carbonyl (C=O) groups excluding carboxylic acids is 1. The molecule has 1 N–H and O–H groups in total. The molecule has 1 aliphatic heterocycles. The van der Waals surface area contributed by atoms with Gasteiger partial charge in [-0.25, -0.2) is 0 Å². The molecule has 1 saturated carbocycles. The topological polar surface area (TPSA) is 32.3 Å². The van der Waals surface area contributed by atoms with Gasteiger partial charge < -0.3 is 10.2 Å². The van der Waals surface area contributed by atoms with Gasteiger partial charge in [-0.3, -0.25) is 4.79 Å². The van der Waals surface area contributed by atoms with Crippen molar-refractivity contribution in [2.24, 2.45) is 5.92 Å². The van der Waals surface area contributed by atoms with Crippen molar-refractivity contribution in [3.63, 3.8) is 0 Å². The third-order valence-corrected chi connectivity index (χ3v) is 3.98. The highest BCUT2D eigenvalue weighted by Crippen LogP contribution is 2.25. The van der Waals surface area contributed by atoms with Gasteiger partial charge in [-0.15, -0.1) is 0 Å². The first-order valence-corrected chi connectivity index (χ1v) is 6.79. The van der Waals surface area contributed by atoms with E-state index in [9.17, 15) is 4.79 Å². The molecular weight excluding hydrogens is 200 g/mol. The number of hydrogen-bond acceptors (Lipinski definition) is 2. The molecule has 16 heavy (non-hydrogen) atoms. The minimum absolute atomic E-state index is 0.0127. The number of likely N-dealkylation sites (tertiary alicyclic amines) is 1. The number of amides is 1. The highest BCUT2D eigenvalue weighted by molar-refractivity contribution is 5.81. The van der Waals surface area contributed by atoms with Crippen LogP contribution in [0, 0.1) is 5.92 Å². The first-order valence-electron chi connectivity index (χ1n) is 6.79. The van der Waals surface area contributed by atoms with Gasteiger partial charge in [0.2, 0.25) is 5.91 Å². The van der Waals surface area contributed by atoms with Crippen molar-refractivity contribution in [2.75, 3.05) is 19.6 Å². The molecule has 3 nitrogen and oxygen atoms in total. The van der Waals surface area contributed by atoms with E-state index in [1.807, 2.05) is 11.8 Å². The Kier molecular flexibility index (Phi) is 4.22. The molecule has 2 fully saturated rings. The zero-order chi connectivity index (χ0) is 11.4. The summed E-state index contributed by atoms with van der Waals surface area (Å²) in [6, 6.07) is 0.0127. The van der Waals surface area contributed by atoms with E-state index in [0.29, 0.717) is 5.91 Å². The minimum atomic E-state index is 0.0127. The molecule has 0 aromatic heterocycles. The third kappa shape index (κ3) is 2.97. The summed E-state index contributed by atoms with van der Waals surface area (Å²) in [6.45, 7) is 4.97. The van der Waals surface area contributed by atoms with E-state index >= 15 is 0 Å². The van der Waals surface area contributed by atoms with Crippen molar-refractivity contribution < 1.29 is 4.79 Å². The SMILES string of the molecule is CC(NCC1CCC1)C(=O)N1CCCCC1. The summed E-state index contributed by atoms with van der Waals surface area (Å²) in [7, 11) is 0. The first kappa shape index (κ1) is 11.9. The summed E-state index contributed by atoms with van der Waals surface area (Å²) in [6.07, 6.45) is 7.71. The zero-order valence-electron chi connectivity index (χ0n) is 10.4. The van der Waals surface area contributed by atoms with Crippen LogP contribution >= 0.6 is 0 Å². The summed E-state index contributed by atoms with van der Waals surface area (Å²) >= 11 is 0. The third-order valence-electron chi connectivity index (χ3n) is 3.98. The van der Waals surface area contributed by atoms with Gasteiger partial charge in [0.25, 0.3) is 0 Å². The van der Waals surface area contributed by atoms with Crippen LogP contribution in [0.3, 0.4) is 0 Å². The Hall–Kier alpha value is -0.570. The maximum absolute atomic E-state index is 12.1. The van der Waals surface area contributed by atoms with Crippen LogP contribution in [0.2, 0.25) is 0 Å². The van der Waals surface area contributed by atoms with Gasteiger partial charge in [0.15, 0.2) is 0 Å². The van der Waals surface area contributed by atoms with Gasteiger partial charge in [-0.1, -0.05) is 6.42 Å². The Labute approximate surface area is 98.6 Å². The molecule has 92 valence electrons. The Morgan fingerprint density at radius 2 is 1.94 bits per heavy atom. The fourth-order valence-electron chi connectivity index (χ4n) is 2.52. The van der Waals surface area contributed by atoms with Gasteiger partial charge in [-0.05, 0) is 51.5 Å². The molecule has 0 bridgehead atoms. The molecule has 2 aliphatic rings. The largest absolute Gasteiger partial charge is 0.341 e. The van der Waals surface area contributed by atoms with E-state index in [4.69, 9.17) is 0 Å². The van der Waals surface area contributed by atoms with Crippen LogP contribution in [-0.2, 0) is 4.79 Å². The van der Waals surface area contributed by atoms with Gasteiger partial charge in [-0.2, -0.15) is 0 Å².